The lowest BCUT2D eigenvalue weighted by molar-refractivity contribution is -0.144. The Kier molecular flexibility index (Phi) is 5.36. The molecular formula is C15H22N2O4. The molecule has 2 atom stereocenters. The first-order valence-corrected chi connectivity index (χ1v) is 7.43. The third kappa shape index (κ3) is 3.83. The van der Waals surface area contributed by atoms with E-state index in [0.29, 0.717) is 13.0 Å². The van der Waals surface area contributed by atoms with Crippen LogP contribution in [0.25, 0.3) is 0 Å². The van der Waals surface area contributed by atoms with E-state index in [9.17, 15) is 14.4 Å². The van der Waals surface area contributed by atoms with E-state index in [2.05, 4.69) is 16.1 Å². The van der Waals surface area contributed by atoms with Crippen LogP contribution in [0, 0.1) is 5.92 Å². The van der Waals surface area contributed by atoms with Crippen LogP contribution < -0.4 is 5.32 Å². The number of likely N-dealkylation sites (tertiary alicyclic amines) is 1. The van der Waals surface area contributed by atoms with Gasteiger partial charge in [-0.05, 0) is 32.1 Å². The minimum atomic E-state index is -0.489. The van der Waals surface area contributed by atoms with Gasteiger partial charge in [-0.25, -0.2) is 0 Å². The van der Waals surface area contributed by atoms with E-state index >= 15 is 0 Å². The highest BCUT2D eigenvalue weighted by molar-refractivity contribution is 5.90. The predicted molar refractivity (Wildman–Crippen MR) is 76.2 cm³/mol. The maximum absolute atomic E-state index is 12.5. The molecular weight excluding hydrogens is 272 g/mol. The van der Waals surface area contributed by atoms with E-state index in [1.54, 1.807) is 4.90 Å². The van der Waals surface area contributed by atoms with Gasteiger partial charge in [-0.1, -0.05) is 12.2 Å². The molecule has 2 aliphatic rings. The van der Waals surface area contributed by atoms with Crippen molar-refractivity contribution in [1.82, 2.24) is 10.2 Å². The lowest BCUT2D eigenvalue weighted by Gasteiger charge is -2.28. The SMILES string of the molecule is COC(=O)CNC(=O)[C@@H]1CCCN1C(=O)[C@@H]1CC=CCC1. The molecule has 0 aromatic heterocycles. The molecule has 0 aromatic rings. The standard InChI is InChI=1S/C15H22N2O4/c1-21-13(18)10-16-14(19)12-8-5-9-17(12)15(20)11-6-3-2-4-7-11/h2-3,11-12H,4-10H2,1H3,(H,16,19)/t11-,12+/m1/s1. The minimum Gasteiger partial charge on any atom is -0.468 e. The number of nitrogens with zero attached hydrogens (tertiary/aromatic N) is 1. The zero-order chi connectivity index (χ0) is 15.2. The summed E-state index contributed by atoms with van der Waals surface area (Å²) in [6, 6.07) is -0.451. The van der Waals surface area contributed by atoms with E-state index in [4.69, 9.17) is 0 Å². The molecule has 1 heterocycles. The predicted octanol–water partition coefficient (Wildman–Crippen LogP) is 0.623. The van der Waals surface area contributed by atoms with Crippen molar-refractivity contribution in [2.75, 3.05) is 20.2 Å². The van der Waals surface area contributed by atoms with Gasteiger partial charge in [-0.2, -0.15) is 0 Å². The second-order valence-corrected chi connectivity index (χ2v) is 5.46. The third-order valence-electron chi connectivity index (χ3n) is 4.09. The average Bonchev–Trinajstić information content (AvgIpc) is 3.01. The summed E-state index contributed by atoms with van der Waals surface area (Å²) in [6.07, 6.45) is 8.13. The van der Waals surface area contributed by atoms with Crippen molar-refractivity contribution < 1.29 is 19.1 Å². The molecule has 0 bridgehead atoms. The number of carbonyl (C=O) groups excluding carboxylic acids is 3. The zero-order valence-electron chi connectivity index (χ0n) is 12.3. The van der Waals surface area contributed by atoms with Crippen molar-refractivity contribution in [3.63, 3.8) is 0 Å². The molecule has 2 amide bonds. The van der Waals surface area contributed by atoms with Crippen LogP contribution in [0.3, 0.4) is 0 Å². The van der Waals surface area contributed by atoms with Gasteiger partial charge >= 0.3 is 5.97 Å². The van der Waals surface area contributed by atoms with Gasteiger partial charge < -0.3 is 15.0 Å². The first-order chi connectivity index (χ1) is 10.1. The van der Waals surface area contributed by atoms with E-state index in [0.717, 1.165) is 25.7 Å². The Morgan fingerprint density at radius 3 is 2.76 bits per heavy atom. The molecule has 6 nitrogen and oxygen atoms in total. The zero-order valence-corrected chi connectivity index (χ0v) is 12.3. The maximum atomic E-state index is 12.5. The number of amides is 2. The van der Waals surface area contributed by atoms with Crippen molar-refractivity contribution in [2.45, 2.75) is 38.1 Å². The highest BCUT2D eigenvalue weighted by atomic mass is 16.5. The second-order valence-electron chi connectivity index (χ2n) is 5.46. The monoisotopic (exact) mass is 294 g/mol. The number of allylic oxidation sites excluding steroid dienone is 2. The molecule has 21 heavy (non-hydrogen) atoms. The molecule has 1 N–H and O–H groups in total. The topological polar surface area (TPSA) is 75.7 Å². The Morgan fingerprint density at radius 2 is 2.10 bits per heavy atom. The summed E-state index contributed by atoms with van der Waals surface area (Å²) in [5.74, 6) is -0.701. The van der Waals surface area contributed by atoms with Crippen molar-refractivity contribution >= 4 is 17.8 Å². The van der Waals surface area contributed by atoms with Gasteiger partial charge in [0.15, 0.2) is 0 Å². The molecule has 1 aliphatic heterocycles. The number of carbonyl (C=O) groups is 3. The van der Waals surface area contributed by atoms with E-state index in [-0.39, 0.29) is 24.3 Å². The fourth-order valence-electron chi connectivity index (χ4n) is 2.90. The molecule has 1 aliphatic carbocycles. The maximum Gasteiger partial charge on any atom is 0.325 e. The fourth-order valence-corrected chi connectivity index (χ4v) is 2.90. The molecule has 1 saturated heterocycles. The summed E-state index contributed by atoms with van der Waals surface area (Å²) in [4.78, 5) is 37.4. The number of esters is 1. The van der Waals surface area contributed by atoms with Gasteiger partial charge in [-0.3, -0.25) is 14.4 Å². The molecule has 1 fully saturated rings. The molecule has 0 aromatic carbocycles. The van der Waals surface area contributed by atoms with Gasteiger partial charge in [0, 0.05) is 12.5 Å². The number of hydrogen-bond acceptors (Lipinski definition) is 4. The summed E-state index contributed by atoms with van der Waals surface area (Å²) in [7, 11) is 1.27. The summed E-state index contributed by atoms with van der Waals surface area (Å²) in [5.41, 5.74) is 0. The minimum absolute atomic E-state index is 0.0102. The highest BCUT2D eigenvalue weighted by Crippen LogP contribution is 2.25. The molecule has 2 rings (SSSR count). The summed E-state index contributed by atoms with van der Waals surface area (Å²) >= 11 is 0. The lowest BCUT2D eigenvalue weighted by atomic mass is 9.93. The quantitative estimate of drug-likeness (QED) is 0.609. The molecule has 0 spiro atoms. The van der Waals surface area contributed by atoms with Crippen LogP contribution in [0.2, 0.25) is 0 Å². The summed E-state index contributed by atoms with van der Waals surface area (Å²) in [5, 5.41) is 2.54. The van der Waals surface area contributed by atoms with E-state index in [1.165, 1.54) is 7.11 Å². The van der Waals surface area contributed by atoms with Crippen LogP contribution in [-0.2, 0) is 19.1 Å². The van der Waals surface area contributed by atoms with Gasteiger partial charge in [-0.15, -0.1) is 0 Å². The van der Waals surface area contributed by atoms with Crippen LogP contribution in [-0.4, -0.2) is 48.9 Å². The Hall–Kier alpha value is -1.85. The van der Waals surface area contributed by atoms with Gasteiger partial charge in [0.25, 0.3) is 0 Å². The van der Waals surface area contributed by atoms with Crippen LogP contribution in [0.5, 0.6) is 0 Å². The Labute approximate surface area is 124 Å². The molecule has 0 unspecified atom stereocenters. The largest absolute Gasteiger partial charge is 0.468 e. The van der Waals surface area contributed by atoms with Gasteiger partial charge in [0.1, 0.15) is 12.6 Å². The normalized spacial score (nSPS) is 24.7. The summed E-state index contributed by atoms with van der Waals surface area (Å²) < 4.78 is 4.49. The fraction of sp³-hybridized carbons (Fsp3) is 0.667. The number of nitrogens with one attached hydrogen (secondary N) is 1. The highest BCUT2D eigenvalue weighted by Gasteiger charge is 2.36. The van der Waals surface area contributed by atoms with Crippen LogP contribution >= 0.6 is 0 Å². The van der Waals surface area contributed by atoms with Crippen molar-refractivity contribution in [3.05, 3.63) is 12.2 Å². The third-order valence-corrected chi connectivity index (χ3v) is 4.09. The average molecular weight is 294 g/mol. The van der Waals surface area contributed by atoms with E-state index < -0.39 is 12.0 Å². The van der Waals surface area contributed by atoms with Gasteiger partial charge in [0.2, 0.25) is 11.8 Å². The number of rotatable bonds is 4. The molecule has 6 heteroatoms. The second kappa shape index (κ2) is 7.24. The Balaban J connectivity index is 1.92. The number of ether oxygens (including phenoxy) is 1. The first kappa shape index (κ1) is 15.5. The van der Waals surface area contributed by atoms with E-state index in [1.807, 2.05) is 6.08 Å². The van der Waals surface area contributed by atoms with Crippen LogP contribution in [0.1, 0.15) is 32.1 Å². The molecule has 116 valence electrons. The summed E-state index contributed by atoms with van der Waals surface area (Å²) in [6.45, 7) is 0.468. The Bertz CT molecular complexity index is 447. The first-order valence-electron chi connectivity index (χ1n) is 7.43. The van der Waals surface area contributed by atoms with Crippen molar-refractivity contribution in [1.29, 1.82) is 0 Å². The molecule has 0 saturated carbocycles. The number of methoxy groups -OCH3 is 1. The molecule has 0 radical (unpaired) electrons. The van der Waals surface area contributed by atoms with Crippen LogP contribution in [0.15, 0.2) is 12.2 Å². The van der Waals surface area contributed by atoms with Crippen LogP contribution in [0.4, 0.5) is 0 Å². The smallest absolute Gasteiger partial charge is 0.325 e. The van der Waals surface area contributed by atoms with Gasteiger partial charge in [0.05, 0.1) is 7.11 Å². The Morgan fingerprint density at radius 1 is 1.29 bits per heavy atom. The van der Waals surface area contributed by atoms with Crippen molar-refractivity contribution in [3.8, 4) is 0 Å². The number of hydrogen-bond donors (Lipinski definition) is 1. The van der Waals surface area contributed by atoms with Crippen molar-refractivity contribution in [2.24, 2.45) is 5.92 Å². The lowest BCUT2D eigenvalue weighted by Crippen LogP contribution is -2.48.